The molecule has 1 atom stereocenters. The summed E-state index contributed by atoms with van der Waals surface area (Å²) in [6.07, 6.45) is 2.72. The molecule has 1 saturated carbocycles. The third-order valence-corrected chi connectivity index (χ3v) is 3.97. The summed E-state index contributed by atoms with van der Waals surface area (Å²) in [5, 5.41) is 15.0. The maximum absolute atomic E-state index is 11.8. The number of urea groups is 1. The normalized spacial score (nSPS) is 16.9. The molecule has 21 heavy (non-hydrogen) atoms. The van der Waals surface area contributed by atoms with E-state index >= 15 is 0 Å². The van der Waals surface area contributed by atoms with E-state index in [0.29, 0.717) is 6.54 Å². The summed E-state index contributed by atoms with van der Waals surface area (Å²) >= 11 is 0. The van der Waals surface area contributed by atoms with Gasteiger partial charge in [-0.25, -0.2) is 4.79 Å². The number of benzene rings is 1. The number of methoxy groups -OCH3 is 1. The maximum Gasteiger partial charge on any atom is 0.315 e. The first-order valence-electron chi connectivity index (χ1n) is 7.35. The van der Waals surface area contributed by atoms with Crippen molar-refractivity contribution in [2.24, 2.45) is 5.41 Å². The Labute approximate surface area is 125 Å². The maximum atomic E-state index is 11.8. The first-order chi connectivity index (χ1) is 10.1. The highest BCUT2D eigenvalue weighted by molar-refractivity contribution is 5.74. The zero-order chi connectivity index (χ0) is 15.3. The second-order valence-electron chi connectivity index (χ2n) is 5.94. The average Bonchev–Trinajstić information content (AvgIpc) is 3.26. The number of rotatable bonds is 7. The lowest BCUT2D eigenvalue weighted by Crippen LogP contribution is -2.44. The molecule has 116 valence electrons. The van der Waals surface area contributed by atoms with Crippen LogP contribution in [0.15, 0.2) is 24.3 Å². The Balaban J connectivity index is 1.75. The topological polar surface area (TPSA) is 70.6 Å². The minimum Gasteiger partial charge on any atom is -0.497 e. The molecule has 1 unspecified atom stereocenters. The minimum absolute atomic E-state index is 0.0291. The molecule has 0 heterocycles. The Morgan fingerprint density at radius 2 is 2.24 bits per heavy atom. The van der Waals surface area contributed by atoms with E-state index in [4.69, 9.17) is 4.74 Å². The number of ether oxygens (including phenoxy) is 1. The Hall–Kier alpha value is -1.75. The van der Waals surface area contributed by atoms with Crippen LogP contribution in [-0.4, -0.2) is 37.4 Å². The molecule has 1 aromatic carbocycles. The van der Waals surface area contributed by atoms with Gasteiger partial charge in [-0.15, -0.1) is 0 Å². The van der Waals surface area contributed by atoms with Gasteiger partial charge < -0.3 is 20.5 Å². The van der Waals surface area contributed by atoms with E-state index in [-0.39, 0.29) is 24.1 Å². The highest BCUT2D eigenvalue weighted by Gasteiger charge is 2.42. The molecule has 2 rings (SSSR count). The molecule has 5 heteroatoms. The van der Waals surface area contributed by atoms with Crippen LogP contribution in [0, 0.1) is 5.41 Å². The molecule has 1 aromatic rings. The van der Waals surface area contributed by atoms with Crippen LogP contribution >= 0.6 is 0 Å². The number of nitrogens with one attached hydrogen (secondary N) is 2. The standard InChI is InChI=1S/C16H24N2O3/c1-12(8-13-4-3-5-14(9-13)21-2)18-15(20)17-10-16(11-19)6-7-16/h3-5,9,12,19H,6-8,10-11H2,1-2H3,(H2,17,18,20). The Kier molecular flexibility index (Phi) is 5.07. The lowest BCUT2D eigenvalue weighted by molar-refractivity contribution is 0.202. The van der Waals surface area contributed by atoms with Crippen molar-refractivity contribution >= 4 is 6.03 Å². The van der Waals surface area contributed by atoms with Crippen LogP contribution in [0.5, 0.6) is 5.75 Å². The van der Waals surface area contributed by atoms with Gasteiger partial charge in [-0.05, 0) is 43.9 Å². The van der Waals surface area contributed by atoms with E-state index in [9.17, 15) is 9.90 Å². The molecule has 0 radical (unpaired) electrons. The van der Waals surface area contributed by atoms with Crippen molar-refractivity contribution in [2.75, 3.05) is 20.3 Å². The van der Waals surface area contributed by atoms with Crippen molar-refractivity contribution in [1.82, 2.24) is 10.6 Å². The van der Waals surface area contributed by atoms with Crippen LogP contribution in [-0.2, 0) is 6.42 Å². The fraction of sp³-hybridized carbons (Fsp3) is 0.562. The number of amides is 2. The van der Waals surface area contributed by atoms with Gasteiger partial charge >= 0.3 is 6.03 Å². The monoisotopic (exact) mass is 292 g/mol. The zero-order valence-corrected chi connectivity index (χ0v) is 12.7. The summed E-state index contributed by atoms with van der Waals surface area (Å²) in [6, 6.07) is 7.69. The van der Waals surface area contributed by atoms with E-state index in [2.05, 4.69) is 10.6 Å². The fourth-order valence-corrected chi connectivity index (χ4v) is 2.31. The van der Waals surface area contributed by atoms with Crippen molar-refractivity contribution in [3.63, 3.8) is 0 Å². The van der Waals surface area contributed by atoms with Crippen LogP contribution in [0.25, 0.3) is 0 Å². The highest BCUT2D eigenvalue weighted by atomic mass is 16.5. The number of aliphatic hydroxyl groups is 1. The lowest BCUT2D eigenvalue weighted by Gasteiger charge is -2.17. The van der Waals surface area contributed by atoms with Gasteiger partial charge in [0.2, 0.25) is 0 Å². The molecule has 2 amide bonds. The molecule has 0 bridgehead atoms. The van der Waals surface area contributed by atoms with Crippen molar-refractivity contribution in [3.8, 4) is 5.75 Å². The second kappa shape index (κ2) is 6.80. The van der Waals surface area contributed by atoms with Gasteiger partial charge in [-0.1, -0.05) is 12.1 Å². The van der Waals surface area contributed by atoms with Gasteiger partial charge in [0.05, 0.1) is 13.7 Å². The van der Waals surface area contributed by atoms with Gasteiger partial charge in [0, 0.05) is 18.0 Å². The first kappa shape index (κ1) is 15.6. The molecule has 5 nitrogen and oxygen atoms in total. The molecule has 1 aliphatic rings. The molecule has 0 saturated heterocycles. The third kappa shape index (κ3) is 4.63. The number of hydrogen-bond acceptors (Lipinski definition) is 3. The highest BCUT2D eigenvalue weighted by Crippen LogP contribution is 2.44. The lowest BCUT2D eigenvalue weighted by atomic mass is 10.1. The quantitative estimate of drug-likeness (QED) is 0.716. The Morgan fingerprint density at radius 3 is 2.86 bits per heavy atom. The smallest absolute Gasteiger partial charge is 0.315 e. The van der Waals surface area contributed by atoms with E-state index < -0.39 is 0 Å². The van der Waals surface area contributed by atoms with Crippen LogP contribution in [0.2, 0.25) is 0 Å². The van der Waals surface area contributed by atoms with Gasteiger partial charge in [0.25, 0.3) is 0 Å². The summed E-state index contributed by atoms with van der Waals surface area (Å²) in [7, 11) is 1.64. The van der Waals surface area contributed by atoms with E-state index in [0.717, 1.165) is 30.6 Å². The summed E-state index contributed by atoms with van der Waals surface area (Å²) in [5.74, 6) is 0.822. The predicted octanol–water partition coefficient (Wildman–Crippen LogP) is 1.70. The molecule has 0 aliphatic heterocycles. The first-order valence-corrected chi connectivity index (χ1v) is 7.35. The molecule has 3 N–H and O–H groups in total. The zero-order valence-electron chi connectivity index (χ0n) is 12.7. The largest absolute Gasteiger partial charge is 0.497 e. The molecular formula is C16H24N2O3. The number of carbonyl (C=O) groups is 1. The van der Waals surface area contributed by atoms with Crippen LogP contribution in [0.3, 0.4) is 0 Å². The van der Waals surface area contributed by atoms with Crippen LogP contribution in [0.4, 0.5) is 4.79 Å². The summed E-state index contributed by atoms with van der Waals surface area (Å²) in [6.45, 7) is 2.66. The average molecular weight is 292 g/mol. The Morgan fingerprint density at radius 1 is 1.48 bits per heavy atom. The second-order valence-corrected chi connectivity index (χ2v) is 5.94. The number of carbonyl (C=O) groups excluding carboxylic acids is 1. The summed E-state index contributed by atoms with van der Waals surface area (Å²) in [5.41, 5.74) is 1.06. The minimum atomic E-state index is -0.176. The van der Waals surface area contributed by atoms with Gasteiger partial charge in [-0.3, -0.25) is 0 Å². The van der Waals surface area contributed by atoms with E-state index in [1.807, 2.05) is 31.2 Å². The number of hydrogen-bond donors (Lipinski definition) is 3. The molecule has 1 fully saturated rings. The van der Waals surface area contributed by atoms with Gasteiger partial charge in [-0.2, -0.15) is 0 Å². The molecular weight excluding hydrogens is 268 g/mol. The van der Waals surface area contributed by atoms with Crippen molar-refractivity contribution < 1.29 is 14.6 Å². The predicted molar refractivity (Wildman–Crippen MR) is 81.4 cm³/mol. The molecule has 1 aliphatic carbocycles. The summed E-state index contributed by atoms with van der Waals surface area (Å²) < 4.78 is 5.19. The van der Waals surface area contributed by atoms with Crippen LogP contribution in [0.1, 0.15) is 25.3 Å². The number of aliphatic hydroxyl groups excluding tert-OH is 1. The SMILES string of the molecule is COc1cccc(CC(C)NC(=O)NCC2(CO)CC2)c1. The van der Waals surface area contributed by atoms with Gasteiger partial charge in [0.15, 0.2) is 0 Å². The Bertz CT molecular complexity index is 486. The van der Waals surface area contributed by atoms with Crippen molar-refractivity contribution in [2.45, 2.75) is 32.2 Å². The van der Waals surface area contributed by atoms with E-state index in [1.165, 1.54) is 0 Å². The van der Waals surface area contributed by atoms with Crippen molar-refractivity contribution in [3.05, 3.63) is 29.8 Å². The fourth-order valence-electron chi connectivity index (χ4n) is 2.31. The van der Waals surface area contributed by atoms with Crippen LogP contribution < -0.4 is 15.4 Å². The molecule has 0 aromatic heterocycles. The molecule has 0 spiro atoms. The van der Waals surface area contributed by atoms with Gasteiger partial charge in [0.1, 0.15) is 5.75 Å². The van der Waals surface area contributed by atoms with Crippen molar-refractivity contribution in [1.29, 1.82) is 0 Å². The third-order valence-electron chi connectivity index (χ3n) is 3.97. The summed E-state index contributed by atoms with van der Waals surface area (Å²) in [4.78, 5) is 11.8. The van der Waals surface area contributed by atoms with E-state index in [1.54, 1.807) is 7.11 Å².